The molecule has 0 heterocycles. The molecule has 1 amide bonds. The molecule has 1 aliphatic carbocycles. The largest absolute Gasteiger partial charge is 0.490 e. The molecule has 0 aliphatic heterocycles. The molecule has 4 heteroatoms. The van der Waals surface area contributed by atoms with Crippen molar-refractivity contribution in [1.29, 1.82) is 0 Å². The summed E-state index contributed by atoms with van der Waals surface area (Å²) in [6.07, 6.45) is 5.23. The van der Waals surface area contributed by atoms with E-state index >= 15 is 0 Å². The topological polar surface area (TPSA) is 42.8 Å². The monoisotopic (exact) mass is 351 g/mol. The Hall–Kier alpha value is -2.59. The minimum Gasteiger partial charge on any atom is -0.490 e. The number of anilines is 1. The van der Waals surface area contributed by atoms with E-state index in [1.165, 1.54) is 23.1 Å². The summed E-state index contributed by atoms with van der Waals surface area (Å²) in [4.78, 5) is 13.5. The van der Waals surface area contributed by atoms with Crippen LogP contribution in [0.5, 0.6) is 5.75 Å². The molecule has 0 saturated carbocycles. The first kappa shape index (κ1) is 18.2. The number of carbonyl (C=O) groups is 1. The first-order valence-electron chi connectivity index (χ1n) is 9.19. The van der Waals surface area contributed by atoms with E-state index < -0.39 is 0 Å². The molecule has 1 atom stereocenters. The van der Waals surface area contributed by atoms with Gasteiger partial charge in [-0.1, -0.05) is 18.7 Å². The number of ether oxygens (including phenoxy) is 1. The van der Waals surface area contributed by atoms with Gasteiger partial charge in [0.1, 0.15) is 18.9 Å². The SMILES string of the molecule is C=CCOc1ccc(C[NH+](C)CC(=O)Nc2ccc3c(c2)CCC3)cc1. The fraction of sp³-hybridized carbons (Fsp3) is 0.318. The van der Waals surface area contributed by atoms with Crippen molar-refractivity contribution in [2.75, 3.05) is 25.5 Å². The van der Waals surface area contributed by atoms with E-state index in [1.54, 1.807) is 6.08 Å². The number of nitrogens with one attached hydrogen (secondary N) is 2. The number of aryl methyl sites for hydroxylation is 2. The lowest BCUT2D eigenvalue weighted by molar-refractivity contribution is -0.885. The van der Waals surface area contributed by atoms with Gasteiger partial charge in [-0.2, -0.15) is 0 Å². The summed E-state index contributed by atoms with van der Waals surface area (Å²) >= 11 is 0. The molecular weight excluding hydrogens is 324 g/mol. The maximum absolute atomic E-state index is 12.3. The fourth-order valence-corrected chi connectivity index (χ4v) is 3.40. The highest BCUT2D eigenvalue weighted by Gasteiger charge is 2.14. The number of benzene rings is 2. The van der Waals surface area contributed by atoms with Crippen LogP contribution < -0.4 is 15.0 Å². The Bertz CT molecular complexity index is 768. The summed E-state index contributed by atoms with van der Waals surface area (Å²) in [6.45, 7) is 5.38. The van der Waals surface area contributed by atoms with Crippen LogP contribution in [0.4, 0.5) is 5.69 Å². The van der Waals surface area contributed by atoms with Gasteiger partial charge in [-0.05, 0) is 66.8 Å². The quantitative estimate of drug-likeness (QED) is 0.717. The average Bonchev–Trinajstić information content (AvgIpc) is 3.08. The number of amides is 1. The smallest absolute Gasteiger partial charge is 0.279 e. The second kappa shape index (κ2) is 8.68. The second-order valence-electron chi connectivity index (χ2n) is 6.94. The van der Waals surface area contributed by atoms with Crippen LogP contribution in [0.25, 0.3) is 0 Å². The lowest BCUT2D eigenvalue weighted by atomic mass is 10.1. The summed E-state index contributed by atoms with van der Waals surface area (Å²) < 4.78 is 5.49. The Labute approximate surface area is 155 Å². The van der Waals surface area contributed by atoms with Crippen LogP contribution in [-0.2, 0) is 24.2 Å². The number of hydrogen-bond donors (Lipinski definition) is 2. The van der Waals surface area contributed by atoms with Gasteiger partial charge in [0.25, 0.3) is 5.91 Å². The highest BCUT2D eigenvalue weighted by Crippen LogP contribution is 2.24. The van der Waals surface area contributed by atoms with Gasteiger partial charge in [0, 0.05) is 11.3 Å². The van der Waals surface area contributed by atoms with Crippen molar-refractivity contribution in [2.24, 2.45) is 0 Å². The number of likely N-dealkylation sites (N-methyl/N-ethyl adjacent to an activating group) is 1. The van der Waals surface area contributed by atoms with Gasteiger partial charge < -0.3 is 15.0 Å². The van der Waals surface area contributed by atoms with Crippen LogP contribution in [0.1, 0.15) is 23.1 Å². The van der Waals surface area contributed by atoms with Crippen molar-refractivity contribution in [2.45, 2.75) is 25.8 Å². The maximum Gasteiger partial charge on any atom is 0.279 e. The number of rotatable bonds is 8. The summed E-state index contributed by atoms with van der Waals surface area (Å²) in [6, 6.07) is 14.3. The lowest BCUT2D eigenvalue weighted by Gasteiger charge is -2.14. The van der Waals surface area contributed by atoms with Crippen molar-refractivity contribution in [3.8, 4) is 5.75 Å². The van der Waals surface area contributed by atoms with Crippen molar-refractivity contribution in [3.05, 3.63) is 71.8 Å². The van der Waals surface area contributed by atoms with Crippen molar-refractivity contribution in [1.82, 2.24) is 0 Å². The Morgan fingerprint density at radius 2 is 1.96 bits per heavy atom. The zero-order valence-corrected chi connectivity index (χ0v) is 15.4. The summed E-state index contributed by atoms with van der Waals surface area (Å²) in [7, 11) is 2.03. The minimum absolute atomic E-state index is 0.0476. The zero-order chi connectivity index (χ0) is 18.4. The Balaban J connectivity index is 1.48. The summed E-state index contributed by atoms with van der Waals surface area (Å²) in [5.41, 5.74) is 4.89. The molecule has 0 spiro atoms. The van der Waals surface area contributed by atoms with Crippen LogP contribution in [0.2, 0.25) is 0 Å². The van der Waals surface area contributed by atoms with E-state index in [-0.39, 0.29) is 5.91 Å². The predicted molar refractivity (Wildman–Crippen MR) is 105 cm³/mol. The fourth-order valence-electron chi connectivity index (χ4n) is 3.40. The standard InChI is InChI=1S/C22H26N2O2/c1-3-13-26-21-11-7-17(8-12-21)15-24(2)16-22(25)23-20-10-9-18-5-4-6-19(18)14-20/h3,7-12,14H,1,4-6,13,15-16H2,2H3,(H,23,25)/p+1. The maximum atomic E-state index is 12.3. The molecule has 2 N–H and O–H groups in total. The number of fused-ring (bicyclic) bond motifs is 1. The molecule has 0 fully saturated rings. The zero-order valence-electron chi connectivity index (χ0n) is 15.4. The van der Waals surface area contributed by atoms with E-state index in [0.29, 0.717) is 13.2 Å². The highest BCUT2D eigenvalue weighted by molar-refractivity contribution is 5.91. The molecule has 3 rings (SSSR count). The van der Waals surface area contributed by atoms with Gasteiger partial charge in [0.15, 0.2) is 6.54 Å². The third-order valence-electron chi connectivity index (χ3n) is 4.64. The Morgan fingerprint density at radius 1 is 1.19 bits per heavy atom. The molecule has 0 saturated heterocycles. The number of hydrogen-bond acceptors (Lipinski definition) is 2. The molecule has 0 bridgehead atoms. The molecule has 1 aliphatic rings. The van der Waals surface area contributed by atoms with Crippen molar-refractivity contribution in [3.63, 3.8) is 0 Å². The van der Waals surface area contributed by atoms with Crippen molar-refractivity contribution < 1.29 is 14.4 Å². The normalized spacial score (nSPS) is 13.7. The third kappa shape index (κ3) is 4.96. The van der Waals surface area contributed by atoms with Gasteiger partial charge in [0.05, 0.1) is 7.05 Å². The van der Waals surface area contributed by atoms with Gasteiger partial charge >= 0.3 is 0 Å². The van der Waals surface area contributed by atoms with Gasteiger partial charge in [0.2, 0.25) is 0 Å². The highest BCUT2D eigenvalue weighted by atomic mass is 16.5. The minimum atomic E-state index is 0.0476. The summed E-state index contributed by atoms with van der Waals surface area (Å²) in [5, 5.41) is 3.03. The molecule has 2 aromatic rings. The van der Waals surface area contributed by atoms with Crippen LogP contribution in [0.3, 0.4) is 0 Å². The van der Waals surface area contributed by atoms with Gasteiger partial charge in [-0.3, -0.25) is 4.79 Å². The number of carbonyl (C=O) groups excluding carboxylic acids is 1. The number of quaternary nitrogens is 1. The second-order valence-corrected chi connectivity index (χ2v) is 6.94. The van der Waals surface area contributed by atoms with Crippen LogP contribution in [0.15, 0.2) is 55.1 Å². The first-order valence-corrected chi connectivity index (χ1v) is 9.19. The first-order chi connectivity index (χ1) is 12.6. The molecule has 26 heavy (non-hydrogen) atoms. The van der Waals surface area contributed by atoms with Gasteiger partial charge in [-0.25, -0.2) is 0 Å². The van der Waals surface area contributed by atoms with E-state index in [9.17, 15) is 4.79 Å². The molecule has 0 radical (unpaired) electrons. The van der Waals surface area contributed by atoms with E-state index in [1.807, 2.05) is 37.4 Å². The van der Waals surface area contributed by atoms with Gasteiger partial charge in [-0.15, -0.1) is 0 Å². The van der Waals surface area contributed by atoms with Crippen LogP contribution in [-0.4, -0.2) is 26.1 Å². The molecule has 2 aromatic carbocycles. The molecule has 1 unspecified atom stereocenters. The van der Waals surface area contributed by atoms with Crippen LogP contribution in [0, 0.1) is 0 Å². The van der Waals surface area contributed by atoms with Crippen molar-refractivity contribution >= 4 is 11.6 Å². The molecule has 0 aromatic heterocycles. The molecule has 4 nitrogen and oxygen atoms in total. The summed E-state index contributed by atoms with van der Waals surface area (Å²) in [5.74, 6) is 0.882. The van der Waals surface area contributed by atoms with E-state index in [0.717, 1.165) is 35.7 Å². The molecule has 136 valence electrons. The average molecular weight is 351 g/mol. The Kier molecular flexibility index (Phi) is 6.08. The van der Waals surface area contributed by atoms with E-state index in [2.05, 4.69) is 24.0 Å². The third-order valence-corrected chi connectivity index (χ3v) is 4.64. The van der Waals surface area contributed by atoms with E-state index in [4.69, 9.17) is 4.74 Å². The predicted octanol–water partition coefficient (Wildman–Crippen LogP) is 2.39. The Morgan fingerprint density at radius 3 is 2.73 bits per heavy atom. The van der Waals surface area contributed by atoms with Crippen LogP contribution >= 0.6 is 0 Å². The lowest BCUT2D eigenvalue weighted by Crippen LogP contribution is -3.08. The molecular formula is C22H27N2O2+.